The van der Waals surface area contributed by atoms with E-state index in [-0.39, 0.29) is 17.8 Å². The van der Waals surface area contributed by atoms with E-state index in [2.05, 4.69) is 5.32 Å². The van der Waals surface area contributed by atoms with Crippen LogP contribution in [0.2, 0.25) is 0 Å². The number of piperidine rings is 1. The Morgan fingerprint density at radius 3 is 2.65 bits per heavy atom. The zero-order valence-corrected chi connectivity index (χ0v) is 14.5. The van der Waals surface area contributed by atoms with Gasteiger partial charge in [0.2, 0.25) is 6.29 Å². The average molecular weight is 371 g/mol. The van der Waals surface area contributed by atoms with E-state index in [9.17, 15) is 23.4 Å². The van der Waals surface area contributed by atoms with Gasteiger partial charge < -0.3 is 15.5 Å². The summed E-state index contributed by atoms with van der Waals surface area (Å²) in [5.74, 6) is 1.01. The van der Waals surface area contributed by atoms with E-state index >= 15 is 0 Å². The Hall–Kier alpha value is -1.60. The van der Waals surface area contributed by atoms with Crippen molar-refractivity contribution in [3.63, 3.8) is 0 Å². The summed E-state index contributed by atoms with van der Waals surface area (Å²) in [5.41, 5.74) is 3.69. The molecule has 3 aliphatic rings. The van der Waals surface area contributed by atoms with E-state index in [0.717, 1.165) is 18.9 Å². The van der Waals surface area contributed by atoms with Gasteiger partial charge in [-0.3, -0.25) is 4.79 Å². The molecule has 0 radical (unpaired) electrons. The first-order chi connectivity index (χ1) is 12.3. The number of rotatable bonds is 1. The van der Waals surface area contributed by atoms with Crippen molar-refractivity contribution in [1.82, 2.24) is 5.32 Å². The lowest BCUT2D eigenvalue weighted by atomic mass is 9.52. The largest absolute Gasteiger partial charge is 0.508 e. The van der Waals surface area contributed by atoms with Gasteiger partial charge in [0, 0.05) is 17.0 Å². The van der Waals surface area contributed by atoms with E-state index < -0.39 is 12.5 Å². The Kier molecular flexibility index (Phi) is 5.30. The number of benzene rings is 1. The van der Waals surface area contributed by atoms with Crippen LogP contribution in [0.4, 0.5) is 13.2 Å². The first kappa shape index (κ1) is 19.2. The van der Waals surface area contributed by atoms with Crippen LogP contribution >= 0.6 is 0 Å². The fourth-order valence-electron chi connectivity index (χ4n) is 5.15. The van der Waals surface area contributed by atoms with Crippen molar-refractivity contribution >= 4 is 6.29 Å². The van der Waals surface area contributed by atoms with Crippen molar-refractivity contribution < 1.29 is 28.2 Å². The van der Waals surface area contributed by atoms with Crippen LogP contribution in [0.15, 0.2) is 12.1 Å². The highest BCUT2D eigenvalue weighted by molar-refractivity contribution is 5.56. The first-order valence-electron chi connectivity index (χ1n) is 9.03. The van der Waals surface area contributed by atoms with Gasteiger partial charge in [-0.05, 0) is 61.4 Å². The number of aliphatic hydroxyl groups excluding tert-OH is 1. The number of phenols is 1. The van der Waals surface area contributed by atoms with Crippen molar-refractivity contribution in [3.8, 4) is 5.75 Å². The summed E-state index contributed by atoms with van der Waals surface area (Å²) in [6, 6.07) is 4.60. The number of hydrogen-bond acceptors (Lipinski definition) is 4. The third-order valence-electron chi connectivity index (χ3n) is 6.15. The third-order valence-corrected chi connectivity index (χ3v) is 6.15. The molecule has 3 atom stereocenters. The van der Waals surface area contributed by atoms with Crippen LogP contribution in [-0.2, 0) is 23.2 Å². The van der Waals surface area contributed by atoms with Gasteiger partial charge >= 0.3 is 6.18 Å². The summed E-state index contributed by atoms with van der Waals surface area (Å²) in [4.78, 5) is 8.70. The lowest BCUT2D eigenvalue weighted by Gasteiger charge is -2.56. The predicted octanol–water partition coefficient (Wildman–Crippen LogP) is 2.98. The zero-order chi connectivity index (χ0) is 18.9. The van der Waals surface area contributed by atoms with Gasteiger partial charge in [-0.1, -0.05) is 12.8 Å². The van der Waals surface area contributed by atoms with Crippen molar-refractivity contribution in [2.45, 2.75) is 62.8 Å². The van der Waals surface area contributed by atoms with Gasteiger partial charge in [-0.2, -0.15) is 13.2 Å². The lowest BCUT2D eigenvalue weighted by Crippen LogP contribution is -2.59. The van der Waals surface area contributed by atoms with Crippen molar-refractivity contribution in [3.05, 3.63) is 28.8 Å². The molecule has 0 amide bonds. The molecule has 1 saturated carbocycles. The highest BCUT2D eigenvalue weighted by atomic mass is 19.4. The van der Waals surface area contributed by atoms with Gasteiger partial charge in [0.05, 0.1) is 6.61 Å². The first-order valence-corrected chi connectivity index (χ1v) is 9.03. The Balaban J connectivity index is 0.000000286. The van der Waals surface area contributed by atoms with E-state index in [1.165, 1.54) is 43.2 Å². The monoisotopic (exact) mass is 371 g/mol. The van der Waals surface area contributed by atoms with Crippen LogP contribution in [0, 0.1) is 5.92 Å². The van der Waals surface area contributed by atoms with E-state index in [1.54, 1.807) is 0 Å². The number of carbonyl (C=O) groups is 1. The molecule has 7 heteroatoms. The normalized spacial score (nSPS) is 29.7. The van der Waals surface area contributed by atoms with E-state index in [0.29, 0.717) is 11.6 Å². The topological polar surface area (TPSA) is 69.6 Å². The van der Waals surface area contributed by atoms with Crippen molar-refractivity contribution in [2.75, 3.05) is 6.54 Å². The fourth-order valence-corrected chi connectivity index (χ4v) is 5.15. The second-order valence-corrected chi connectivity index (χ2v) is 7.48. The Bertz CT molecular complexity index is 673. The molecule has 4 nitrogen and oxygen atoms in total. The minimum atomic E-state index is -4.64. The third kappa shape index (κ3) is 3.47. The van der Waals surface area contributed by atoms with Crippen LogP contribution in [0.25, 0.3) is 0 Å². The van der Waals surface area contributed by atoms with Crippen LogP contribution < -0.4 is 5.32 Å². The lowest BCUT2D eigenvalue weighted by molar-refractivity contribution is -0.156. The van der Waals surface area contributed by atoms with Gasteiger partial charge in [-0.15, -0.1) is 0 Å². The van der Waals surface area contributed by atoms with Crippen LogP contribution in [-0.4, -0.2) is 35.3 Å². The smallest absolute Gasteiger partial charge is 0.446 e. The Morgan fingerprint density at radius 2 is 2.00 bits per heavy atom. The summed E-state index contributed by atoms with van der Waals surface area (Å²) in [6.45, 7) is 1.02. The number of carbonyl (C=O) groups excluding carboxylic acids is 1. The molecule has 1 aromatic rings. The van der Waals surface area contributed by atoms with Crippen molar-refractivity contribution in [2.24, 2.45) is 5.92 Å². The minimum absolute atomic E-state index is 0.0758. The van der Waals surface area contributed by atoms with E-state index in [4.69, 9.17) is 4.79 Å². The highest BCUT2D eigenvalue weighted by Crippen LogP contribution is 2.54. The number of fused-ring (bicyclic) bond motifs is 1. The maximum Gasteiger partial charge on any atom is 0.446 e. The number of nitrogens with one attached hydrogen (secondary N) is 1. The predicted molar refractivity (Wildman–Crippen MR) is 89.9 cm³/mol. The molecular weight excluding hydrogens is 347 g/mol. The number of aromatic hydroxyl groups is 1. The SMILES string of the molecule is O=CC(F)(F)F.OCc1cc2c(cc1O)[C@]13CCCC[C@@H]1[C@H](C2)NCC3. The van der Waals surface area contributed by atoms with Gasteiger partial charge in [0.25, 0.3) is 0 Å². The number of alkyl halides is 3. The average Bonchev–Trinajstić information content (AvgIpc) is 2.62. The molecule has 0 unspecified atom stereocenters. The fraction of sp³-hybridized carbons (Fsp3) is 0.632. The summed E-state index contributed by atoms with van der Waals surface area (Å²) < 4.78 is 31.2. The standard InChI is InChI=1S/C17H23NO2.C2HF3O/c19-10-12-7-11-8-15-13-3-1-2-4-17(13,5-6-18-15)14(11)9-16(12)20;3-2(4,5)1-6/h7,9,13,15,18-20H,1-6,8,10H2;1H/t13-,15+,17+;/m1./s1. The Labute approximate surface area is 150 Å². The molecule has 144 valence electrons. The number of aliphatic hydroxyl groups is 1. The number of hydrogen-bond donors (Lipinski definition) is 3. The molecular formula is C19H24F3NO3. The molecule has 4 rings (SSSR count). The van der Waals surface area contributed by atoms with Crippen LogP contribution in [0.1, 0.15) is 48.8 Å². The maximum absolute atomic E-state index is 10.4. The zero-order valence-electron chi connectivity index (χ0n) is 14.5. The number of aldehydes is 1. The van der Waals surface area contributed by atoms with E-state index in [1.807, 2.05) is 12.1 Å². The second-order valence-electron chi connectivity index (χ2n) is 7.48. The summed E-state index contributed by atoms with van der Waals surface area (Å²) >= 11 is 0. The summed E-state index contributed by atoms with van der Waals surface area (Å²) in [5, 5.41) is 23.3. The molecule has 1 saturated heterocycles. The highest BCUT2D eigenvalue weighted by Gasteiger charge is 2.51. The van der Waals surface area contributed by atoms with Crippen molar-refractivity contribution in [1.29, 1.82) is 0 Å². The molecule has 3 N–H and O–H groups in total. The van der Waals surface area contributed by atoms with Crippen LogP contribution in [0.5, 0.6) is 5.75 Å². The second kappa shape index (κ2) is 7.19. The minimum Gasteiger partial charge on any atom is -0.508 e. The molecule has 26 heavy (non-hydrogen) atoms. The molecule has 0 aromatic heterocycles. The maximum atomic E-state index is 10.4. The van der Waals surface area contributed by atoms with Crippen LogP contribution in [0.3, 0.4) is 0 Å². The molecule has 1 aliphatic heterocycles. The molecule has 1 heterocycles. The molecule has 1 aromatic carbocycles. The van der Waals surface area contributed by atoms with Gasteiger partial charge in [0.15, 0.2) is 0 Å². The summed E-state index contributed by atoms with van der Waals surface area (Å²) in [6.07, 6.45) is 1.79. The number of halogens is 3. The quantitative estimate of drug-likeness (QED) is 0.664. The molecule has 2 bridgehead atoms. The van der Waals surface area contributed by atoms with Gasteiger partial charge in [-0.25, -0.2) is 0 Å². The molecule has 2 fully saturated rings. The van der Waals surface area contributed by atoms with Gasteiger partial charge in [0.1, 0.15) is 5.75 Å². The summed E-state index contributed by atoms with van der Waals surface area (Å²) in [7, 11) is 0. The molecule has 0 spiro atoms. The molecule has 2 aliphatic carbocycles. The Morgan fingerprint density at radius 1 is 1.27 bits per heavy atom.